The van der Waals surface area contributed by atoms with Crippen LogP contribution in [0.5, 0.6) is 23.0 Å². The van der Waals surface area contributed by atoms with Crippen molar-refractivity contribution in [2.75, 3.05) is 39.6 Å². The van der Waals surface area contributed by atoms with Gasteiger partial charge < -0.3 is 42.3 Å². The Kier molecular flexibility index (Phi) is 8.52. The molecule has 15 heteroatoms. The quantitative estimate of drug-likeness (QED) is 0.0714. The number of amides is 1. The summed E-state index contributed by atoms with van der Waals surface area (Å²) in [5.41, 5.74) is 0.912. The molecule has 0 saturated heterocycles. The van der Waals surface area contributed by atoms with Gasteiger partial charge in [-0.2, -0.15) is 0 Å². The van der Waals surface area contributed by atoms with Gasteiger partial charge in [0, 0.05) is 50.3 Å². The molecule has 4 unspecified atom stereocenters. The van der Waals surface area contributed by atoms with Crippen LogP contribution in [0.4, 0.5) is 5.69 Å². The van der Waals surface area contributed by atoms with Crippen LogP contribution in [-0.2, 0) is 33.3 Å². The first-order valence-corrected chi connectivity index (χ1v) is 15.7. The monoisotopic (exact) mass is 707 g/mol. The summed E-state index contributed by atoms with van der Waals surface area (Å²) in [5, 5.41) is 0.103. The molecule has 0 fully saturated rings. The van der Waals surface area contributed by atoms with Crippen molar-refractivity contribution >= 4 is 57.6 Å². The van der Waals surface area contributed by atoms with E-state index in [1.165, 1.54) is 52.2 Å². The molecule has 0 saturated carbocycles. The molecule has 3 heterocycles. The van der Waals surface area contributed by atoms with Gasteiger partial charge in [0.1, 0.15) is 23.7 Å². The van der Waals surface area contributed by atoms with Crippen LogP contribution >= 0.6 is 11.6 Å². The zero-order chi connectivity index (χ0) is 35.6. The van der Waals surface area contributed by atoms with Gasteiger partial charge in [-0.3, -0.25) is 24.1 Å². The molecule has 7 rings (SSSR count). The SMILES string of the molecule is C=CCOC1c2cc3c(c(OC(C)=O)c2N(C=O)C1OC)-c1c2c(c4oc5c(OC)c(Cl)ccc5c(=O)c4c1OC(C)=O)OCOC2C3OC. The van der Waals surface area contributed by atoms with Crippen LogP contribution < -0.4 is 29.3 Å². The van der Waals surface area contributed by atoms with Crippen LogP contribution in [0.3, 0.4) is 0 Å². The summed E-state index contributed by atoms with van der Waals surface area (Å²) < 4.78 is 53.8. The van der Waals surface area contributed by atoms with Gasteiger partial charge in [-0.15, -0.1) is 6.58 Å². The van der Waals surface area contributed by atoms with E-state index in [2.05, 4.69) is 6.58 Å². The fourth-order valence-corrected chi connectivity index (χ4v) is 7.30. The molecule has 1 amide bonds. The number of methoxy groups -OCH3 is 3. The van der Waals surface area contributed by atoms with Gasteiger partial charge in [-0.1, -0.05) is 17.7 Å². The number of esters is 2. The summed E-state index contributed by atoms with van der Waals surface area (Å²) in [6, 6.07) is 4.67. The summed E-state index contributed by atoms with van der Waals surface area (Å²) in [5.74, 6) is -1.66. The van der Waals surface area contributed by atoms with Crippen molar-refractivity contribution in [3.8, 4) is 34.1 Å². The molecular formula is C35H30ClNO13. The average molecular weight is 708 g/mol. The number of hydrogen-bond donors (Lipinski definition) is 0. The van der Waals surface area contributed by atoms with Gasteiger partial charge in [-0.05, 0) is 23.8 Å². The fraction of sp³-hybridized carbons (Fsp3) is 0.314. The number of ether oxygens (including phenoxy) is 8. The summed E-state index contributed by atoms with van der Waals surface area (Å²) in [4.78, 5) is 54.2. The molecule has 0 spiro atoms. The number of carbonyl (C=O) groups excluding carboxylic acids is 3. The second-order valence-electron chi connectivity index (χ2n) is 11.5. The predicted molar refractivity (Wildman–Crippen MR) is 177 cm³/mol. The van der Waals surface area contributed by atoms with Gasteiger partial charge in [0.05, 0.1) is 29.8 Å². The maximum Gasteiger partial charge on any atom is 0.308 e. The molecule has 2 aliphatic heterocycles. The Labute approximate surface area is 288 Å². The first-order valence-electron chi connectivity index (χ1n) is 15.3. The largest absolute Gasteiger partial charge is 0.491 e. The third kappa shape index (κ3) is 4.78. The number of carbonyl (C=O) groups is 3. The molecule has 0 bridgehead atoms. The molecule has 3 aromatic carbocycles. The third-order valence-electron chi connectivity index (χ3n) is 8.82. The van der Waals surface area contributed by atoms with E-state index in [1.54, 1.807) is 12.1 Å². The lowest BCUT2D eigenvalue weighted by Gasteiger charge is -2.39. The minimum Gasteiger partial charge on any atom is -0.491 e. The first-order chi connectivity index (χ1) is 24.1. The van der Waals surface area contributed by atoms with Crippen molar-refractivity contribution in [2.45, 2.75) is 38.4 Å². The second-order valence-corrected chi connectivity index (χ2v) is 11.9. The minimum atomic E-state index is -0.979. The van der Waals surface area contributed by atoms with E-state index >= 15 is 0 Å². The summed E-state index contributed by atoms with van der Waals surface area (Å²) in [7, 11) is 4.25. The van der Waals surface area contributed by atoms with Gasteiger partial charge in [0.2, 0.25) is 11.8 Å². The van der Waals surface area contributed by atoms with Crippen LogP contribution in [0, 0.1) is 0 Å². The van der Waals surface area contributed by atoms with Crippen molar-refractivity contribution in [2.24, 2.45) is 0 Å². The molecule has 0 radical (unpaired) electrons. The summed E-state index contributed by atoms with van der Waals surface area (Å²) >= 11 is 6.40. The minimum absolute atomic E-state index is 0.0323. The van der Waals surface area contributed by atoms with Crippen LogP contribution in [0.1, 0.15) is 48.8 Å². The lowest BCUT2D eigenvalue weighted by molar-refractivity contribution is -0.133. The van der Waals surface area contributed by atoms with E-state index in [1.807, 2.05) is 0 Å². The Morgan fingerprint density at radius 1 is 1.00 bits per heavy atom. The van der Waals surface area contributed by atoms with Gasteiger partial charge in [-0.25, -0.2) is 0 Å². The Morgan fingerprint density at radius 3 is 2.38 bits per heavy atom. The molecule has 1 aliphatic carbocycles. The van der Waals surface area contributed by atoms with E-state index in [0.29, 0.717) is 17.5 Å². The van der Waals surface area contributed by atoms with E-state index in [4.69, 9.17) is 53.9 Å². The summed E-state index contributed by atoms with van der Waals surface area (Å²) in [6.45, 7) is 5.91. The van der Waals surface area contributed by atoms with E-state index in [-0.39, 0.29) is 85.7 Å². The molecule has 50 heavy (non-hydrogen) atoms. The Hall–Kier alpha value is -4.99. The molecule has 4 atom stereocenters. The molecule has 0 N–H and O–H groups in total. The highest BCUT2D eigenvalue weighted by Crippen LogP contribution is 2.63. The highest BCUT2D eigenvalue weighted by molar-refractivity contribution is 6.33. The molecular weight excluding hydrogens is 678 g/mol. The van der Waals surface area contributed by atoms with Crippen LogP contribution in [0.15, 0.2) is 40.1 Å². The molecule has 14 nitrogen and oxygen atoms in total. The van der Waals surface area contributed by atoms with Crippen molar-refractivity contribution in [1.82, 2.24) is 0 Å². The standard InChI is InChI=1S/C35H30ClNO13/c1-7-10-45-28-18-11-17-20(31(49-15(3)40)24(18)37(12-38)35(28)44-6)21-22-32(26(17)42-4)46-13-47-33(22)34-23(30(21)48-14(2)39)25(41)16-8-9-19(36)29(43-5)27(16)50-34/h7-9,11-12,26,28,32,35H,1,10,13H2,2-6H3. The van der Waals surface area contributed by atoms with Crippen LogP contribution in [-0.4, -0.2) is 59.3 Å². The Bertz CT molecular complexity index is 2190. The highest BCUT2D eigenvalue weighted by Gasteiger charge is 2.50. The predicted octanol–water partition coefficient (Wildman–Crippen LogP) is 5.43. The molecule has 3 aliphatic rings. The maximum atomic E-state index is 14.5. The number of benzene rings is 3. The van der Waals surface area contributed by atoms with Gasteiger partial charge >= 0.3 is 11.9 Å². The number of rotatable bonds is 9. The fourth-order valence-electron chi connectivity index (χ4n) is 7.08. The number of hydrogen-bond acceptors (Lipinski definition) is 13. The zero-order valence-corrected chi connectivity index (χ0v) is 28.2. The maximum absolute atomic E-state index is 14.5. The van der Waals surface area contributed by atoms with Crippen molar-refractivity contribution < 1.29 is 56.7 Å². The number of nitrogens with zero attached hydrogens (tertiary/aromatic N) is 1. The molecule has 260 valence electrons. The van der Waals surface area contributed by atoms with Crippen molar-refractivity contribution in [3.63, 3.8) is 0 Å². The average Bonchev–Trinajstić information content (AvgIpc) is 3.40. The van der Waals surface area contributed by atoms with E-state index in [9.17, 15) is 19.2 Å². The lowest BCUT2D eigenvalue weighted by atomic mass is 9.77. The first kappa shape index (κ1) is 33.5. The number of anilines is 1. The smallest absolute Gasteiger partial charge is 0.308 e. The molecule has 4 aromatic rings. The third-order valence-corrected chi connectivity index (χ3v) is 9.12. The van der Waals surface area contributed by atoms with E-state index in [0.717, 1.165) is 0 Å². The van der Waals surface area contributed by atoms with Crippen LogP contribution in [0.25, 0.3) is 33.1 Å². The van der Waals surface area contributed by atoms with Gasteiger partial charge in [0.15, 0.2) is 47.2 Å². The number of fused-ring (bicyclic) bond motifs is 6. The Morgan fingerprint density at radius 2 is 1.74 bits per heavy atom. The highest BCUT2D eigenvalue weighted by atomic mass is 35.5. The zero-order valence-electron chi connectivity index (χ0n) is 27.4. The summed E-state index contributed by atoms with van der Waals surface area (Å²) in [6.07, 6.45) is -1.59. The van der Waals surface area contributed by atoms with Crippen molar-refractivity contribution in [1.29, 1.82) is 0 Å². The lowest BCUT2D eigenvalue weighted by Crippen LogP contribution is -2.35. The van der Waals surface area contributed by atoms with E-state index < -0.39 is 41.9 Å². The van der Waals surface area contributed by atoms with Gasteiger partial charge in [0.25, 0.3) is 0 Å². The number of halogens is 1. The molecule has 1 aromatic heterocycles. The normalized spacial score (nSPS) is 20.1. The topological polar surface area (TPSA) is 158 Å². The Balaban J connectivity index is 1.71. The van der Waals surface area contributed by atoms with Crippen molar-refractivity contribution in [3.05, 3.63) is 62.8 Å². The second kappa shape index (κ2) is 12.7. The van der Waals surface area contributed by atoms with Crippen LogP contribution in [0.2, 0.25) is 5.02 Å².